The standard InChI is InChI=1S/C42H70O15/c1-3-5-7-9-11-13-14-15-17-18-20-22-24-33(45)52-28-30(54-34(46)25-23-21-19-16-12-10-8-6-4-2)29-53-41-39(51)40(36(48)32(27-44)55-41)57-42-38(50)37(49)35(47)31(26-43)56-42/h10,12,14-15,23,25,29,31-32,35-44,47-51H,3-9,11,13,16-22,24,26-28H2,1-2H3/b12-10+,15-14+,25-23+,30-29+/t31-,32-,35-,36+,37+,38-,39-,40+,41-,42+/m1/s1. The molecule has 2 saturated heterocycles. The van der Waals surface area contributed by atoms with Crippen LogP contribution in [0.25, 0.3) is 0 Å². The van der Waals surface area contributed by atoms with E-state index in [1.807, 2.05) is 0 Å². The quantitative estimate of drug-likeness (QED) is 0.0187. The second-order valence-corrected chi connectivity index (χ2v) is 14.5. The molecule has 328 valence electrons. The highest BCUT2D eigenvalue weighted by Crippen LogP contribution is 2.30. The van der Waals surface area contributed by atoms with Gasteiger partial charge in [0, 0.05) is 12.5 Å². The van der Waals surface area contributed by atoms with Gasteiger partial charge in [0.25, 0.3) is 0 Å². The summed E-state index contributed by atoms with van der Waals surface area (Å²) in [7, 11) is 0. The summed E-state index contributed by atoms with van der Waals surface area (Å²) >= 11 is 0. The third kappa shape index (κ3) is 19.7. The Morgan fingerprint density at radius 1 is 0.596 bits per heavy atom. The van der Waals surface area contributed by atoms with Crippen LogP contribution in [0.2, 0.25) is 0 Å². The lowest BCUT2D eigenvalue weighted by Gasteiger charge is -2.45. The first-order valence-electron chi connectivity index (χ1n) is 20.8. The lowest BCUT2D eigenvalue weighted by Crippen LogP contribution is -2.64. The van der Waals surface area contributed by atoms with Gasteiger partial charge in [-0.15, -0.1) is 0 Å². The predicted molar refractivity (Wildman–Crippen MR) is 210 cm³/mol. The number of hydrogen-bond acceptors (Lipinski definition) is 15. The van der Waals surface area contributed by atoms with Crippen molar-refractivity contribution in [2.45, 2.75) is 184 Å². The van der Waals surface area contributed by atoms with E-state index in [9.17, 15) is 45.3 Å². The minimum atomic E-state index is -1.85. The van der Waals surface area contributed by atoms with Crippen LogP contribution < -0.4 is 0 Å². The van der Waals surface area contributed by atoms with Crippen molar-refractivity contribution >= 4 is 11.9 Å². The van der Waals surface area contributed by atoms with Crippen LogP contribution in [-0.2, 0) is 38.0 Å². The van der Waals surface area contributed by atoms with Crippen molar-refractivity contribution in [1.29, 1.82) is 0 Å². The van der Waals surface area contributed by atoms with Crippen LogP contribution in [0.15, 0.2) is 48.5 Å². The summed E-state index contributed by atoms with van der Waals surface area (Å²) in [4.78, 5) is 25.3. The Hall–Kier alpha value is -2.70. The van der Waals surface area contributed by atoms with Gasteiger partial charge in [0.2, 0.25) is 6.29 Å². The Bertz CT molecular complexity index is 1200. The molecule has 2 aliphatic heterocycles. The Morgan fingerprint density at radius 2 is 1.16 bits per heavy atom. The molecule has 15 nitrogen and oxygen atoms in total. The smallest absolute Gasteiger partial charge is 0.335 e. The zero-order valence-corrected chi connectivity index (χ0v) is 33.9. The van der Waals surface area contributed by atoms with Crippen molar-refractivity contribution in [3.05, 3.63) is 48.5 Å². The Balaban J connectivity index is 2.02. The highest BCUT2D eigenvalue weighted by Gasteiger charge is 2.51. The molecule has 0 aromatic heterocycles. The molecule has 7 N–H and O–H groups in total. The van der Waals surface area contributed by atoms with Crippen LogP contribution in [0.3, 0.4) is 0 Å². The zero-order valence-electron chi connectivity index (χ0n) is 33.9. The number of rotatable bonds is 29. The molecule has 0 radical (unpaired) electrons. The number of carbonyl (C=O) groups is 2. The fourth-order valence-corrected chi connectivity index (χ4v) is 6.18. The summed E-state index contributed by atoms with van der Waals surface area (Å²) in [6, 6.07) is 0. The van der Waals surface area contributed by atoms with Gasteiger partial charge in [-0.25, -0.2) is 4.79 Å². The average molecular weight is 815 g/mol. The Kier molecular flexibility index (Phi) is 26.9. The van der Waals surface area contributed by atoms with Crippen LogP contribution in [0.4, 0.5) is 0 Å². The van der Waals surface area contributed by atoms with Crippen molar-refractivity contribution in [2.75, 3.05) is 19.8 Å². The third-order valence-electron chi connectivity index (χ3n) is 9.68. The summed E-state index contributed by atoms with van der Waals surface area (Å²) in [5, 5.41) is 72.0. The highest BCUT2D eigenvalue weighted by atomic mass is 16.7. The second-order valence-electron chi connectivity index (χ2n) is 14.5. The first-order chi connectivity index (χ1) is 27.6. The average Bonchev–Trinajstić information content (AvgIpc) is 3.20. The predicted octanol–water partition coefficient (Wildman–Crippen LogP) is 3.90. The van der Waals surface area contributed by atoms with E-state index < -0.39 is 93.2 Å². The van der Waals surface area contributed by atoms with Crippen molar-refractivity contribution < 1.29 is 73.8 Å². The van der Waals surface area contributed by atoms with Gasteiger partial charge < -0.3 is 64.2 Å². The molecule has 0 aromatic carbocycles. The summed E-state index contributed by atoms with van der Waals surface area (Å²) in [5.41, 5.74) is 0. The van der Waals surface area contributed by atoms with Crippen molar-refractivity contribution in [3.8, 4) is 0 Å². The maximum absolute atomic E-state index is 12.7. The third-order valence-corrected chi connectivity index (χ3v) is 9.68. The van der Waals surface area contributed by atoms with Crippen molar-refractivity contribution in [3.63, 3.8) is 0 Å². The molecule has 0 saturated carbocycles. The molecule has 0 spiro atoms. The molecule has 2 heterocycles. The van der Waals surface area contributed by atoms with E-state index in [1.54, 1.807) is 6.08 Å². The maximum atomic E-state index is 12.7. The lowest BCUT2D eigenvalue weighted by atomic mass is 9.97. The van der Waals surface area contributed by atoms with Crippen molar-refractivity contribution in [2.24, 2.45) is 0 Å². The van der Waals surface area contributed by atoms with Crippen LogP contribution >= 0.6 is 0 Å². The molecule has 0 bridgehead atoms. The molecule has 2 aliphatic rings. The molecule has 15 heteroatoms. The van der Waals surface area contributed by atoms with E-state index in [2.05, 4.69) is 38.2 Å². The van der Waals surface area contributed by atoms with Gasteiger partial charge in [-0.2, -0.15) is 0 Å². The number of aliphatic hydroxyl groups is 7. The van der Waals surface area contributed by atoms with Crippen LogP contribution in [0, 0.1) is 0 Å². The van der Waals surface area contributed by atoms with E-state index in [0.29, 0.717) is 12.8 Å². The SMILES string of the molecule is CCCC/C=C/CCC/C=C/C(=O)O/C(=C/O[C@@H]1O[C@H](CO)[C@H](O)[C@H](O[C@@H]2O[C@H](CO)[C@@H](O)[C@H](O)[C@H]2O)[C@H]1O)COC(=O)CCCCC/C=C/CCCCCCC. The maximum Gasteiger partial charge on any atom is 0.335 e. The highest BCUT2D eigenvalue weighted by molar-refractivity contribution is 5.82. The van der Waals surface area contributed by atoms with Gasteiger partial charge >= 0.3 is 11.9 Å². The summed E-state index contributed by atoms with van der Waals surface area (Å²) in [6.07, 6.45) is 12.3. The zero-order chi connectivity index (χ0) is 41.8. The molecule has 0 aliphatic carbocycles. The number of allylic oxidation sites excluding steroid dienone is 5. The molecule has 0 aromatic rings. The molecular weight excluding hydrogens is 744 g/mol. The molecule has 2 fully saturated rings. The fourth-order valence-electron chi connectivity index (χ4n) is 6.18. The van der Waals surface area contributed by atoms with E-state index in [1.165, 1.54) is 38.2 Å². The Morgan fingerprint density at radius 3 is 1.81 bits per heavy atom. The van der Waals surface area contributed by atoms with Gasteiger partial charge in [-0.1, -0.05) is 89.2 Å². The van der Waals surface area contributed by atoms with Crippen molar-refractivity contribution in [1.82, 2.24) is 0 Å². The van der Waals surface area contributed by atoms with Gasteiger partial charge in [0.1, 0.15) is 55.1 Å². The number of ether oxygens (including phenoxy) is 6. The monoisotopic (exact) mass is 814 g/mol. The topological polar surface area (TPSA) is 231 Å². The number of hydrogen-bond donors (Lipinski definition) is 7. The van der Waals surface area contributed by atoms with Crippen LogP contribution in [0.5, 0.6) is 0 Å². The van der Waals surface area contributed by atoms with Gasteiger partial charge in [0.05, 0.1) is 13.2 Å². The second kappa shape index (κ2) is 30.4. The van der Waals surface area contributed by atoms with E-state index in [4.69, 9.17) is 28.4 Å². The van der Waals surface area contributed by atoms with Gasteiger partial charge in [-0.05, 0) is 57.8 Å². The minimum absolute atomic E-state index is 0.146. The molecule has 57 heavy (non-hydrogen) atoms. The van der Waals surface area contributed by atoms with Gasteiger partial charge in [-0.3, -0.25) is 4.79 Å². The number of carbonyl (C=O) groups excluding carboxylic acids is 2. The number of esters is 2. The minimum Gasteiger partial charge on any atom is -0.466 e. The molecule has 2 rings (SSSR count). The normalized spacial score (nSPS) is 28.4. The van der Waals surface area contributed by atoms with Gasteiger partial charge in [0.15, 0.2) is 18.7 Å². The van der Waals surface area contributed by atoms with Crippen LogP contribution in [-0.4, -0.2) is 129 Å². The van der Waals surface area contributed by atoms with E-state index in [-0.39, 0.29) is 12.2 Å². The number of unbranched alkanes of at least 4 members (excludes halogenated alkanes) is 12. The van der Waals surface area contributed by atoms with Crippen LogP contribution in [0.1, 0.15) is 123 Å². The molecule has 0 amide bonds. The lowest BCUT2D eigenvalue weighted by molar-refractivity contribution is -0.356. The summed E-state index contributed by atoms with van der Waals surface area (Å²) in [5.74, 6) is -1.54. The number of aliphatic hydroxyl groups excluding tert-OH is 7. The first-order valence-corrected chi connectivity index (χ1v) is 20.8. The van der Waals surface area contributed by atoms with E-state index >= 15 is 0 Å². The molecule has 10 atom stereocenters. The summed E-state index contributed by atoms with van der Waals surface area (Å²) < 4.78 is 32.9. The first kappa shape index (κ1) is 50.4. The van der Waals surface area contributed by atoms with E-state index in [0.717, 1.165) is 64.0 Å². The molecule has 0 unspecified atom stereocenters. The summed E-state index contributed by atoms with van der Waals surface area (Å²) in [6.45, 7) is 2.34. The Labute approximate surface area is 337 Å². The largest absolute Gasteiger partial charge is 0.466 e. The molecular formula is C42H70O15. The fraction of sp³-hybridized carbons (Fsp3) is 0.762.